The van der Waals surface area contributed by atoms with Crippen LogP contribution < -0.4 is 5.32 Å². The fourth-order valence-electron chi connectivity index (χ4n) is 1.15. The van der Waals surface area contributed by atoms with Gasteiger partial charge in [-0.05, 0) is 24.6 Å². The van der Waals surface area contributed by atoms with Gasteiger partial charge in [0.15, 0.2) is 5.13 Å². The number of aromatic nitrogens is 1. The van der Waals surface area contributed by atoms with Gasteiger partial charge in [-0.1, -0.05) is 17.4 Å². The number of anilines is 1. The molecular formula is C10H8N2OS. The Morgan fingerprint density at radius 3 is 3.07 bits per heavy atom. The summed E-state index contributed by atoms with van der Waals surface area (Å²) in [6.07, 6.45) is 0. The molecule has 1 aromatic carbocycles. The highest BCUT2D eigenvalue weighted by Crippen LogP contribution is 2.26. The topological polar surface area (TPSA) is 42.0 Å². The molecule has 1 amide bonds. The van der Waals surface area contributed by atoms with Crippen LogP contribution in [-0.4, -0.2) is 10.9 Å². The van der Waals surface area contributed by atoms with Crippen LogP contribution in [0.4, 0.5) is 5.13 Å². The number of nitrogens with zero attached hydrogens (tertiary/aromatic N) is 1. The Kier molecular flexibility index (Phi) is 2.21. The Hall–Kier alpha value is -1.42. The lowest BCUT2D eigenvalue weighted by molar-refractivity contribution is -0.114. The Labute approximate surface area is 85.8 Å². The second-order valence-electron chi connectivity index (χ2n) is 2.93. The Morgan fingerprint density at radius 1 is 1.57 bits per heavy atom. The van der Waals surface area contributed by atoms with Crippen LogP contribution in [0.5, 0.6) is 0 Å². The fourth-order valence-corrected chi connectivity index (χ4v) is 2.11. The second kappa shape index (κ2) is 3.38. The van der Waals surface area contributed by atoms with Crippen LogP contribution in [-0.2, 0) is 4.79 Å². The lowest BCUT2D eigenvalue weighted by Crippen LogP contribution is -2.04. The maximum absolute atomic E-state index is 10.8. The van der Waals surface area contributed by atoms with Crippen molar-refractivity contribution in [2.45, 2.75) is 6.92 Å². The van der Waals surface area contributed by atoms with Crippen LogP contribution in [0.1, 0.15) is 12.5 Å². The van der Waals surface area contributed by atoms with Crippen molar-refractivity contribution in [2.75, 3.05) is 5.32 Å². The zero-order chi connectivity index (χ0) is 10.1. The average Bonchev–Trinajstić information content (AvgIpc) is 2.44. The van der Waals surface area contributed by atoms with Gasteiger partial charge in [-0.3, -0.25) is 4.79 Å². The summed E-state index contributed by atoms with van der Waals surface area (Å²) in [4.78, 5) is 15.0. The summed E-state index contributed by atoms with van der Waals surface area (Å²) in [6.45, 7) is 7.08. The van der Waals surface area contributed by atoms with E-state index in [0.717, 1.165) is 10.2 Å². The van der Waals surface area contributed by atoms with Crippen LogP contribution in [0.3, 0.4) is 0 Å². The molecule has 0 fully saturated rings. The van der Waals surface area contributed by atoms with Crippen LogP contribution >= 0.6 is 11.3 Å². The molecule has 0 aliphatic carbocycles. The molecule has 0 saturated heterocycles. The summed E-state index contributed by atoms with van der Waals surface area (Å²) < 4.78 is 0.980. The molecule has 1 heterocycles. The van der Waals surface area contributed by atoms with Gasteiger partial charge in [-0.25, -0.2) is 4.98 Å². The third-order valence-electron chi connectivity index (χ3n) is 1.70. The molecule has 0 unspecified atom stereocenters. The van der Waals surface area contributed by atoms with Gasteiger partial charge >= 0.3 is 0 Å². The molecule has 2 rings (SSSR count). The van der Waals surface area contributed by atoms with Gasteiger partial charge in [0, 0.05) is 6.92 Å². The van der Waals surface area contributed by atoms with Crippen molar-refractivity contribution >= 4 is 32.6 Å². The largest absolute Gasteiger partial charge is 0.302 e. The van der Waals surface area contributed by atoms with Gasteiger partial charge < -0.3 is 5.32 Å². The first-order chi connectivity index (χ1) is 6.65. The maximum atomic E-state index is 10.8. The van der Waals surface area contributed by atoms with Gasteiger partial charge in [0.25, 0.3) is 0 Å². The number of fused-ring (bicyclic) bond motifs is 1. The average molecular weight is 204 g/mol. The number of carbonyl (C=O) groups excluding carboxylic acids is 1. The van der Waals surface area contributed by atoms with Crippen molar-refractivity contribution in [1.82, 2.24) is 4.98 Å². The minimum Gasteiger partial charge on any atom is -0.302 e. The maximum Gasteiger partial charge on any atom is 0.223 e. The van der Waals surface area contributed by atoms with Crippen molar-refractivity contribution < 1.29 is 4.79 Å². The van der Waals surface area contributed by atoms with Crippen LogP contribution in [0.15, 0.2) is 18.2 Å². The van der Waals surface area contributed by atoms with Crippen molar-refractivity contribution in [1.29, 1.82) is 0 Å². The highest BCUT2D eigenvalue weighted by atomic mass is 32.1. The number of hydrogen-bond acceptors (Lipinski definition) is 3. The number of amides is 1. The standard InChI is InChI=1S/C10H8N2OS/c1-6-3-4-8-9(5-6)14-10(12-8)11-7(2)13/h1,3-5H,2H3,(H,11,12,13). The first-order valence-corrected chi connectivity index (χ1v) is 4.90. The second-order valence-corrected chi connectivity index (χ2v) is 3.96. The molecule has 4 heteroatoms. The number of benzene rings is 1. The van der Waals surface area contributed by atoms with Crippen LogP contribution in [0.25, 0.3) is 10.2 Å². The first kappa shape index (κ1) is 9.15. The monoisotopic (exact) mass is 204 g/mol. The van der Waals surface area contributed by atoms with E-state index in [1.54, 1.807) is 6.07 Å². The first-order valence-electron chi connectivity index (χ1n) is 4.09. The molecule has 14 heavy (non-hydrogen) atoms. The molecular weight excluding hydrogens is 196 g/mol. The summed E-state index contributed by atoms with van der Waals surface area (Å²) in [6, 6.07) is 5.48. The Morgan fingerprint density at radius 2 is 2.36 bits per heavy atom. The van der Waals surface area contributed by atoms with E-state index < -0.39 is 0 Å². The molecule has 0 bridgehead atoms. The lowest BCUT2D eigenvalue weighted by atomic mass is 10.2. The number of hydrogen-bond donors (Lipinski definition) is 1. The summed E-state index contributed by atoms with van der Waals surface area (Å²) in [5.41, 5.74) is 1.56. The normalized spacial score (nSPS) is 10.4. The Bertz CT molecular complexity index is 490. The molecule has 0 atom stereocenters. The van der Waals surface area contributed by atoms with Crippen molar-refractivity contribution in [2.24, 2.45) is 0 Å². The van der Waals surface area contributed by atoms with Crippen LogP contribution in [0.2, 0.25) is 0 Å². The quantitative estimate of drug-likeness (QED) is 0.774. The van der Waals surface area contributed by atoms with E-state index in [0.29, 0.717) is 10.7 Å². The van der Waals surface area contributed by atoms with Gasteiger partial charge in [0.1, 0.15) is 0 Å². The molecule has 70 valence electrons. The number of nitrogens with one attached hydrogen (secondary N) is 1. The minimum atomic E-state index is -0.114. The zero-order valence-corrected chi connectivity index (χ0v) is 8.39. The molecule has 0 aliphatic rings. The number of rotatable bonds is 1. The van der Waals surface area contributed by atoms with E-state index in [4.69, 9.17) is 6.92 Å². The Balaban J connectivity index is 2.46. The summed E-state index contributed by atoms with van der Waals surface area (Å²) >= 11 is 1.42. The van der Waals surface area contributed by atoms with E-state index in [2.05, 4.69) is 10.3 Å². The van der Waals surface area contributed by atoms with Crippen molar-refractivity contribution in [3.05, 3.63) is 30.7 Å². The fraction of sp³-hybridized carbons (Fsp3) is 0.100. The SMILES string of the molecule is [CH]c1ccc2nc(NC(C)=O)sc2c1. The predicted octanol–water partition coefficient (Wildman–Crippen LogP) is 2.31. The molecule has 1 N–H and O–H groups in total. The van der Waals surface area contributed by atoms with Gasteiger partial charge in [0.05, 0.1) is 10.2 Å². The summed E-state index contributed by atoms with van der Waals surface area (Å²) in [5, 5.41) is 3.25. The number of thiazole rings is 1. The van der Waals surface area contributed by atoms with E-state index in [1.807, 2.05) is 12.1 Å². The van der Waals surface area contributed by atoms with Crippen molar-refractivity contribution in [3.8, 4) is 0 Å². The number of carbonyl (C=O) groups is 1. The molecule has 1 aromatic heterocycles. The molecule has 3 nitrogen and oxygen atoms in total. The molecule has 2 radical (unpaired) electrons. The van der Waals surface area contributed by atoms with E-state index in [1.165, 1.54) is 18.3 Å². The van der Waals surface area contributed by atoms with Crippen molar-refractivity contribution in [3.63, 3.8) is 0 Å². The van der Waals surface area contributed by atoms with Crippen LogP contribution in [0, 0.1) is 6.92 Å². The smallest absolute Gasteiger partial charge is 0.223 e. The van der Waals surface area contributed by atoms with E-state index in [-0.39, 0.29) is 5.91 Å². The van der Waals surface area contributed by atoms with E-state index >= 15 is 0 Å². The highest BCUT2D eigenvalue weighted by molar-refractivity contribution is 7.22. The summed E-state index contributed by atoms with van der Waals surface area (Å²) in [5.74, 6) is -0.114. The minimum absolute atomic E-state index is 0.114. The third kappa shape index (κ3) is 1.75. The highest BCUT2D eigenvalue weighted by Gasteiger charge is 2.04. The molecule has 0 aliphatic heterocycles. The summed E-state index contributed by atoms with van der Waals surface area (Å²) in [7, 11) is 0. The van der Waals surface area contributed by atoms with E-state index in [9.17, 15) is 4.79 Å². The zero-order valence-electron chi connectivity index (χ0n) is 7.57. The van der Waals surface area contributed by atoms with Gasteiger partial charge in [-0.15, -0.1) is 0 Å². The third-order valence-corrected chi connectivity index (χ3v) is 2.63. The lowest BCUT2D eigenvalue weighted by Gasteiger charge is -1.91. The molecule has 0 saturated carbocycles. The molecule has 0 spiro atoms. The van der Waals surface area contributed by atoms with Gasteiger partial charge in [-0.2, -0.15) is 0 Å². The predicted molar refractivity (Wildman–Crippen MR) is 57.3 cm³/mol. The molecule has 2 aromatic rings. The van der Waals surface area contributed by atoms with Gasteiger partial charge in [0.2, 0.25) is 5.91 Å².